The van der Waals surface area contributed by atoms with Gasteiger partial charge in [0.25, 0.3) is 0 Å². The highest BCUT2D eigenvalue weighted by Gasteiger charge is 2.20. The maximum Gasteiger partial charge on any atom is 0.413 e. The van der Waals surface area contributed by atoms with Crippen LogP contribution in [0.1, 0.15) is 5.56 Å². The highest BCUT2D eigenvalue weighted by Crippen LogP contribution is 2.30. The van der Waals surface area contributed by atoms with E-state index in [4.69, 9.17) is 19.9 Å². The van der Waals surface area contributed by atoms with E-state index in [0.717, 1.165) is 13.2 Å². The first-order valence-corrected chi connectivity index (χ1v) is 10.2. The Bertz CT molecular complexity index is 1170. The average molecular weight is 461 g/mol. The van der Waals surface area contributed by atoms with Gasteiger partial charge in [0.15, 0.2) is 0 Å². The average Bonchev–Trinajstić information content (AvgIpc) is 2.75. The topological polar surface area (TPSA) is 182 Å². The smallest absolute Gasteiger partial charge is 0.413 e. The number of guanidine groups is 1. The number of methoxy groups -OCH3 is 2. The number of hydrogen-bond acceptors (Lipinski definition) is 9. The van der Waals surface area contributed by atoms with Crippen LogP contribution in [0.3, 0.4) is 0 Å². The van der Waals surface area contributed by atoms with E-state index in [1.54, 1.807) is 0 Å². The van der Waals surface area contributed by atoms with Gasteiger partial charge < -0.3 is 24.7 Å². The Morgan fingerprint density at radius 3 is 2.44 bits per heavy atom. The zero-order valence-corrected chi connectivity index (χ0v) is 17.8. The van der Waals surface area contributed by atoms with E-state index in [1.165, 1.54) is 43.5 Å². The van der Waals surface area contributed by atoms with Gasteiger partial charge >= 0.3 is 16.2 Å². The van der Waals surface area contributed by atoms with Crippen molar-refractivity contribution in [2.75, 3.05) is 26.1 Å². The molecule has 0 fully saturated rings. The first kappa shape index (κ1) is 24.1. The normalized spacial score (nSPS) is 11.2. The third-order valence-electron chi connectivity index (χ3n) is 3.65. The fraction of sp³-hybridized carbons (Fsp3) is 0.158. The monoisotopic (exact) mass is 461 g/mol. The molecule has 0 aliphatic carbocycles. The summed E-state index contributed by atoms with van der Waals surface area (Å²) < 4.78 is 39.6. The van der Waals surface area contributed by atoms with Crippen molar-refractivity contribution in [2.24, 2.45) is 10.7 Å². The number of anilines is 1. The van der Waals surface area contributed by atoms with E-state index < -0.39 is 28.1 Å². The summed E-state index contributed by atoms with van der Waals surface area (Å²) in [7, 11) is -1.87. The number of nitrogens with one attached hydrogen (secondary N) is 2. The predicted octanol–water partition coefficient (Wildman–Crippen LogP) is 1.21. The molecule has 0 saturated heterocycles. The predicted molar refractivity (Wildman–Crippen MR) is 113 cm³/mol. The van der Waals surface area contributed by atoms with Gasteiger partial charge in [0.1, 0.15) is 17.3 Å². The number of alkyl carbamates (subject to hydrolysis) is 1. The number of amides is 2. The molecular formula is C19H19N5O7S. The Hall–Kier alpha value is -4.15. The minimum Gasteiger partial charge on any atom is -0.453 e. The van der Waals surface area contributed by atoms with Crippen LogP contribution in [0.4, 0.5) is 16.2 Å². The number of hydrogen-bond donors (Lipinski definition) is 3. The number of nitriles is 1. The highest BCUT2D eigenvalue weighted by molar-refractivity contribution is 7.87. The lowest BCUT2D eigenvalue weighted by molar-refractivity contribution is -0.119. The fourth-order valence-corrected chi connectivity index (χ4v) is 3.21. The van der Waals surface area contributed by atoms with Gasteiger partial charge in [0.05, 0.1) is 30.1 Å². The largest absolute Gasteiger partial charge is 0.453 e. The van der Waals surface area contributed by atoms with Crippen LogP contribution >= 0.6 is 0 Å². The van der Waals surface area contributed by atoms with E-state index in [1.807, 2.05) is 6.07 Å². The maximum atomic E-state index is 12.7. The second kappa shape index (κ2) is 10.8. The molecule has 2 rings (SSSR count). The maximum absolute atomic E-state index is 12.7. The van der Waals surface area contributed by atoms with Crippen molar-refractivity contribution >= 4 is 39.5 Å². The van der Waals surface area contributed by atoms with E-state index >= 15 is 0 Å². The number of aliphatic imine (C=N–C) groups is 1. The second-order valence-corrected chi connectivity index (χ2v) is 7.49. The van der Waals surface area contributed by atoms with Crippen molar-refractivity contribution in [3.63, 3.8) is 0 Å². The van der Waals surface area contributed by atoms with Crippen LogP contribution in [0.5, 0.6) is 5.75 Å². The quantitative estimate of drug-likeness (QED) is 0.310. The molecule has 0 unspecified atom stereocenters. The number of carbonyl (C=O) groups is 2. The molecule has 2 aromatic carbocycles. The molecule has 0 saturated carbocycles. The lowest BCUT2D eigenvalue weighted by atomic mass is 10.2. The van der Waals surface area contributed by atoms with Crippen LogP contribution in [0.25, 0.3) is 0 Å². The van der Waals surface area contributed by atoms with Crippen LogP contribution in [0, 0.1) is 11.3 Å². The molecule has 12 nitrogen and oxygen atoms in total. The van der Waals surface area contributed by atoms with E-state index in [0.29, 0.717) is 5.56 Å². The Balaban J connectivity index is 2.42. The summed E-state index contributed by atoms with van der Waals surface area (Å²) in [6.07, 6.45) is -0.899. The lowest BCUT2D eigenvalue weighted by Crippen LogP contribution is -2.36. The summed E-state index contributed by atoms with van der Waals surface area (Å²) in [6.45, 7) is -0.263. The number of benzene rings is 2. The molecule has 0 heterocycles. The van der Waals surface area contributed by atoms with Crippen LogP contribution in [-0.2, 0) is 24.4 Å². The molecule has 32 heavy (non-hydrogen) atoms. The van der Waals surface area contributed by atoms with Gasteiger partial charge in [-0.15, -0.1) is 0 Å². The van der Waals surface area contributed by atoms with Crippen molar-refractivity contribution in [1.82, 2.24) is 5.32 Å². The molecule has 0 atom stereocenters. The van der Waals surface area contributed by atoms with Crippen LogP contribution < -0.4 is 20.6 Å². The molecule has 0 aromatic heterocycles. The zero-order chi connectivity index (χ0) is 23.7. The Morgan fingerprint density at radius 2 is 1.84 bits per heavy atom. The van der Waals surface area contributed by atoms with Crippen LogP contribution in [0.15, 0.2) is 52.4 Å². The first-order valence-electron chi connectivity index (χ1n) is 8.75. The van der Waals surface area contributed by atoms with Crippen molar-refractivity contribution in [3.05, 3.63) is 48.0 Å². The Labute approximate surface area is 183 Å². The molecule has 0 spiro atoms. The number of nitrogens with zero attached hydrogens (tertiary/aromatic N) is 2. The van der Waals surface area contributed by atoms with Gasteiger partial charge in [-0.2, -0.15) is 13.7 Å². The Morgan fingerprint density at radius 1 is 1.16 bits per heavy atom. The number of ether oxygens (including phenoxy) is 2. The lowest BCUT2D eigenvalue weighted by Gasteiger charge is -2.12. The fourth-order valence-electron chi connectivity index (χ4n) is 2.26. The molecule has 0 aliphatic heterocycles. The van der Waals surface area contributed by atoms with Gasteiger partial charge in [0, 0.05) is 7.11 Å². The van der Waals surface area contributed by atoms with Crippen molar-refractivity contribution in [2.45, 2.75) is 4.90 Å². The van der Waals surface area contributed by atoms with Crippen molar-refractivity contribution in [3.8, 4) is 11.8 Å². The number of rotatable bonds is 7. The summed E-state index contributed by atoms with van der Waals surface area (Å²) in [5, 5.41) is 13.4. The molecule has 2 amide bonds. The zero-order valence-electron chi connectivity index (χ0n) is 17.0. The van der Waals surface area contributed by atoms with Crippen LogP contribution in [-0.4, -0.2) is 47.2 Å². The molecule has 0 radical (unpaired) electrons. The Kier molecular flexibility index (Phi) is 8.11. The summed E-state index contributed by atoms with van der Waals surface area (Å²) in [6, 6.07) is 10.9. The minimum absolute atomic E-state index is 0.0154. The van der Waals surface area contributed by atoms with Crippen molar-refractivity contribution in [1.29, 1.82) is 5.26 Å². The van der Waals surface area contributed by atoms with E-state index in [-0.39, 0.29) is 28.6 Å². The highest BCUT2D eigenvalue weighted by atomic mass is 32.2. The SMILES string of the molecule is COCC(=O)Nc1ccc(S(=O)(=O)Oc2ccc(C#N)cc2)cc1N=C(N)NC(=O)OC. The number of carbonyl (C=O) groups excluding carboxylic acids is 2. The standard InChI is InChI=1S/C19H19N5O7S/c1-29-11-17(25)22-15-8-7-14(9-16(15)23-18(21)24-19(26)30-2)32(27,28)31-13-5-3-12(10-20)4-6-13/h3-9H,11H2,1-2H3,(H,22,25)(H3,21,23,24,26). The van der Waals surface area contributed by atoms with E-state index in [9.17, 15) is 18.0 Å². The van der Waals surface area contributed by atoms with Gasteiger partial charge in [-0.1, -0.05) is 0 Å². The van der Waals surface area contributed by atoms with Gasteiger partial charge in [-0.3, -0.25) is 10.1 Å². The third-order valence-corrected chi connectivity index (χ3v) is 4.90. The second-order valence-electron chi connectivity index (χ2n) is 5.95. The molecular weight excluding hydrogens is 442 g/mol. The van der Waals surface area contributed by atoms with Crippen LogP contribution in [0.2, 0.25) is 0 Å². The van der Waals surface area contributed by atoms with Gasteiger partial charge in [0.2, 0.25) is 11.9 Å². The first-order chi connectivity index (χ1) is 15.2. The summed E-state index contributed by atoms with van der Waals surface area (Å²) in [5.41, 5.74) is 5.98. The molecule has 4 N–H and O–H groups in total. The number of nitrogens with two attached hydrogens (primary N) is 1. The molecule has 13 heteroatoms. The van der Waals surface area contributed by atoms with Gasteiger partial charge in [-0.25, -0.2) is 9.79 Å². The molecule has 2 aromatic rings. The molecule has 0 aliphatic rings. The summed E-state index contributed by atoms with van der Waals surface area (Å²) in [5.74, 6) is -0.965. The molecule has 168 valence electrons. The van der Waals surface area contributed by atoms with E-state index in [2.05, 4.69) is 20.4 Å². The van der Waals surface area contributed by atoms with Gasteiger partial charge in [-0.05, 0) is 42.5 Å². The third kappa shape index (κ3) is 6.69. The summed E-state index contributed by atoms with van der Waals surface area (Å²) >= 11 is 0. The summed E-state index contributed by atoms with van der Waals surface area (Å²) in [4.78, 5) is 26.8. The van der Waals surface area contributed by atoms with Crippen molar-refractivity contribution < 1.29 is 31.7 Å². The molecule has 0 bridgehead atoms. The minimum atomic E-state index is -4.32.